The van der Waals surface area contributed by atoms with E-state index in [1.165, 1.54) is 18.2 Å². The third-order valence-corrected chi connectivity index (χ3v) is 3.44. The summed E-state index contributed by atoms with van der Waals surface area (Å²) in [7, 11) is 0. The highest BCUT2D eigenvalue weighted by molar-refractivity contribution is 6.09. The molecular formula is C17H16N2O5. The minimum atomic E-state index is -1.07. The van der Waals surface area contributed by atoms with E-state index in [0.717, 1.165) is 5.56 Å². The second-order valence-electron chi connectivity index (χ2n) is 5.29. The number of aryl methyl sites for hydroxylation is 1. The number of carbonyl (C=O) groups is 2. The van der Waals surface area contributed by atoms with Crippen molar-refractivity contribution in [3.8, 4) is 0 Å². The highest BCUT2D eigenvalue weighted by atomic mass is 16.6. The van der Waals surface area contributed by atoms with Crippen molar-refractivity contribution in [3.63, 3.8) is 0 Å². The van der Waals surface area contributed by atoms with E-state index in [0.29, 0.717) is 11.1 Å². The van der Waals surface area contributed by atoms with E-state index in [1.807, 2.05) is 19.1 Å². The Morgan fingerprint density at radius 3 is 2.33 bits per heavy atom. The normalized spacial score (nSPS) is 10.4. The zero-order chi connectivity index (χ0) is 17.7. The van der Waals surface area contributed by atoms with E-state index in [9.17, 15) is 19.7 Å². The summed E-state index contributed by atoms with van der Waals surface area (Å²) in [6, 6.07) is 11.1. The van der Waals surface area contributed by atoms with Gasteiger partial charge in [-0.2, -0.15) is 0 Å². The number of nitrogens with zero attached hydrogens (tertiary/aromatic N) is 1. The molecule has 7 heteroatoms. The van der Waals surface area contributed by atoms with Gasteiger partial charge in [0, 0.05) is 29.3 Å². The lowest BCUT2D eigenvalue weighted by atomic mass is 9.99. The van der Waals surface area contributed by atoms with Gasteiger partial charge < -0.3 is 10.4 Å². The number of carbonyl (C=O) groups excluding carboxylic acids is 1. The fourth-order valence-corrected chi connectivity index (χ4v) is 2.22. The number of ketones is 1. The molecule has 2 N–H and O–H groups in total. The van der Waals surface area contributed by atoms with E-state index in [1.54, 1.807) is 12.1 Å². The van der Waals surface area contributed by atoms with Gasteiger partial charge in [-0.15, -0.1) is 0 Å². The van der Waals surface area contributed by atoms with Gasteiger partial charge in [0.2, 0.25) is 0 Å². The Morgan fingerprint density at radius 2 is 1.75 bits per heavy atom. The summed E-state index contributed by atoms with van der Waals surface area (Å²) < 4.78 is 0. The predicted octanol–water partition coefficient (Wildman–Crippen LogP) is 2.31. The highest BCUT2D eigenvalue weighted by Gasteiger charge is 2.17. The quantitative estimate of drug-likeness (QED) is 0.458. The number of rotatable bonds is 7. The maximum Gasteiger partial charge on any atom is 0.317 e. The summed E-state index contributed by atoms with van der Waals surface area (Å²) in [5, 5.41) is 22.3. The maximum absolute atomic E-state index is 12.5. The van der Waals surface area contributed by atoms with Crippen LogP contribution in [0.15, 0.2) is 42.5 Å². The molecule has 0 aliphatic rings. The lowest BCUT2D eigenvalue weighted by Gasteiger charge is -2.07. The molecule has 0 heterocycles. The van der Waals surface area contributed by atoms with Crippen molar-refractivity contribution in [3.05, 3.63) is 74.8 Å². The summed E-state index contributed by atoms with van der Waals surface area (Å²) in [5.41, 5.74) is 1.93. The van der Waals surface area contributed by atoms with Gasteiger partial charge in [0.1, 0.15) is 0 Å². The monoisotopic (exact) mass is 328 g/mol. The zero-order valence-electron chi connectivity index (χ0n) is 13.0. The van der Waals surface area contributed by atoms with Crippen LogP contribution in [-0.4, -0.2) is 28.3 Å². The van der Waals surface area contributed by atoms with Gasteiger partial charge in [-0.1, -0.05) is 29.8 Å². The van der Waals surface area contributed by atoms with Gasteiger partial charge in [-0.25, -0.2) is 0 Å². The fourth-order valence-electron chi connectivity index (χ4n) is 2.22. The summed E-state index contributed by atoms with van der Waals surface area (Å²) >= 11 is 0. The van der Waals surface area contributed by atoms with Gasteiger partial charge in [0.15, 0.2) is 5.78 Å². The van der Waals surface area contributed by atoms with Crippen LogP contribution in [0.1, 0.15) is 27.0 Å². The molecule has 0 unspecified atom stereocenters. The molecule has 0 saturated carbocycles. The molecule has 0 fully saturated rings. The minimum absolute atomic E-state index is 0.0162. The van der Waals surface area contributed by atoms with Crippen molar-refractivity contribution in [1.29, 1.82) is 0 Å². The third kappa shape index (κ3) is 4.23. The molecule has 0 spiro atoms. The third-order valence-electron chi connectivity index (χ3n) is 3.44. The van der Waals surface area contributed by atoms with Gasteiger partial charge in [-0.3, -0.25) is 19.7 Å². The molecule has 7 nitrogen and oxygen atoms in total. The SMILES string of the molecule is Cc1ccc(C(=O)c2ccc([N+](=O)[O-])c(CNCC(=O)O)c2)cc1. The average molecular weight is 328 g/mol. The largest absolute Gasteiger partial charge is 0.480 e. The smallest absolute Gasteiger partial charge is 0.317 e. The molecular weight excluding hydrogens is 312 g/mol. The van der Waals surface area contributed by atoms with Crippen molar-refractivity contribution in [2.24, 2.45) is 0 Å². The van der Waals surface area contributed by atoms with Crippen LogP contribution in [0.5, 0.6) is 0 Å². The van der Waals surface area contributed by atoms with Crippen LogP contribution in [0.4, 0.5) is 5.69 Å². The Bertz CT molecular complexity index is 784. The molecule has 24 heavy (non-hydrogen) atoms. The second-order valence-corrected chi connectivity index (χ2v) is 5.29. The first-order valence-corrected chi connectivity index (χ1v) is 7.19. The molecule has 0 saturated heterocycles. The minimum Gasteiger partial charge on any atom is -0.480 e. The maximum atomic E-state index is 12.5. The van der Waals surface area contributed by atoms with Gasteiger partial charge >= 0.3 is 5.97 Å². The summed E-state index contributed by atoms with van der Waals surface area (Å²) in [6.07, 6.45) is 0. The van der Waals surface area contributed by atoms with Gasteiger partial charge in [0.25, 0.3) is 5.69 Å². The van der Waals surface area contributed by atoms with Gasteiger partial charge in [-0.05, 0) is 19.1 Å². The van der Waals surface area contributed by atoms with Crippen molar-refractivity contribution >= 4 is 17.4 Å². The number of hydrogen-bond donors (Lipinski definition) is 2. The number of carboxylic acid groups (broad SMARTS) is 1. The number of nitro groups is 1. The molecule has 2 aromatic rings. The van der Waals surface area contributed by atoms with E-state index >= 15 is 0 Å². The van der Waals surface area contributed by atoms with E-state index < -0.39 is 10.9 Å². The topological polar surface area (TPSA) is 110 Å². The number of hydrogen-bond acceptors (Lipinski definition) is 5. The molecule has 0 bridgehead atoms. The van der Waals surface area contributed by atoms with Gasteiger partial charge in [0.05, 0.1) is 11.5 Å². The van der Waals surface area contributed by atoms with E-state index in [4.69, 9.17) is 5.11 Å². The number of nitro benzene ring substituents is 1. The predicted molar refractivity (Wildman–Crippen MR) is 87.1 cm³/mol. The lowest BCUT2D eigenvalue weighted by molar-refractivity contribution is -0.385. The molecule has 0 aromatic heterocycles. The summed E-state index contributed by atoms with van der Waals surface area (Å²) in [4.78, 5) is 33.6. The van der Waals surface area contributed by atoms with Crippen molar-refractivity contribution in [2.45, 2.75) is 13.5 Å². The van der Waals surface area contributed by atoms with Crippen LogP contribution in [-0.2, 0) is 11.3 Å². The van der Waals surface area contributed by atoms with Crippen molar-refractivity contribution < 1.29 is 19.6 Å². The molecule has 2 rings (SSSR count). The molecule has 2 aromatic carbocycles. The second kappa shape index (κ2) is 7.47. The van der Waals surface area contributed by atoms with E-state index in [2.05, 4.69) is 5.32 Å². The van der Waals surface area contributed by atoms with Crippen molar-refractivity contribution in [1.82, 2.24) is 5.32 Å². The Hall–Kier alpha value is -3.06. The Balaban J connectivity index is 2.30. The van der Waals surface area contributed by atoms with Crippen LogP contribution >= 0.6 is 0 Å². The molecule has 0 aliphatic carbocycles. The average Bonchev–Trinajstić information content (AvgIpc) is 2.54. The van der Waals surface area contributed by atoms with E-state index in [-0.39, 0.29) is 30.1 Å². The Kier molecular flexibility index (Phi) is 5.39. The van der Waals surface area contributed by atoms with Crippen LogP contribution < -0.4 is 5.32 Å². The van der Waals surface area contributed by atoms with Crippen LogP contribution in [0.25, 0.3) is 0 Å². The number of benzene rings is 2. The Labute approximate surface area is 138 Å². The highest BCUT2D eigenvalue weighted by Crippen LogP contribution is 2.22. The summed E-state index contributed by atoms with van der Waals surface area (Å²) in [6.45, 7) is 1.57. The number of carboxylic acids is 1. The van der Waals surface area contributed by atoms with Crippen LogP contribution in [0.3, 0.4) is 0 Å². The molecule has 0 radical (unpaired) electrons. The fraction of sp³-hybridized carbons (Fsp3) is 0.176. The standard InChI is InChI=1S/C17H16N2O5/c1-11-2-4-12(5-3-11)17(22)13-6-7-15(19(23)24)14(8-13)9-18-10-16(20)21/h2-8,18H,9-10H2,1H3,(H,20,21). The first kappa shape index (κ1) is 17.3. The van der Waals surface area contributed by atoms with Crippen molar-refractivity contribution in [2.75, 3.05) is 6.54 Å². The number of nitrogens with one attached hydrogen (secondary N) is 1. The van der Waals surface area contributed by atoms with Crippen LogP contribution in [0.2, 0.25) is 0 Å². The van der Waals surface area contributed by atoms with Crippen LogP contribution in [0, 0.1) is 17.0 Å². The first-order valence-electron chi connectivity index (χ1n) is 7.19. The first-order chi connectivity index (χ1) is 11.4. The molecule has 0 amide bonds. The molecule has 0 aliphatic heterocycles. The Morgan fingerprint density at radius 1 is 1.12 bits per heavy atom. The number of aliphatic carboxylic acids is 1. The zero-order valence-corrected chi connectivity index (χ0v) is 13.0. The summed E-state index contributed by atoms with van der Waals surface area (Å²) in [5.74, 6) is -1.31. The molecule has 0 atom stereocenters. The lowest BCUT2D eigenvalue weighted by Crippen LogP contribution is -2.22. The molecule has 124 valence electrons.